The molecule has 0 atom stereocenters. The second-order valence-corrected chi connectivity index (χ2v) is 4.11. The van der Waals surface area contributed by atoms with Crippen LogP contribution >= 0.6 is 0 Å². The van der Waals surface area contributed by atoms with Gasteiger partial charge in [0.05, 0.1) is 17.0 Å². The molecule has 0 saturated heterocycles. The molecule has 0 radical (unpaired) electrons. The van der Waals surface area contributed by atoms with Gasteiger partial charge in [0.15, 0.2) is 0 Å². The van der Waals surface area contributed by atoms with E-state index in [9.17, 15) is 4.79 Å². The van der Waals surface area contributed by atoms with Crippen LogP contribution in [0.15, 0.2) is 42.5 Å². The Labute approximate surface area is 106 Å². The summed E-state index contributed by atoms with van der Waals surface area (Å²) >= 11 is 0. The second-order valence-electron chi connectivity index (χ2n) is 4.11. The van der Waals surface area contributed by atoms with Crippen LogP contribution in [0.25, 0.3) is 11.3 Å². The molecule has 2 rings (SSSR count). The van der Waals surface area contributed by atoms with E-state index in [1.54, 1.807) is 12.1 Å². The van der Waals surface area contributed by atoms with Crippen molar-refractivity contribution in [2.75, 3.05) is 0 Å². The predicted molar refractivity (Wildman–Crippen MR) is 70.6 cm³/mol. The van der Waals surface area contributed by atoms with E-state index in [0.29, 0.717) is 17.7 Å². The lowest BCUT2D eigenvalue weighted by Gasteiger charge is -2.07. The maximum absolute atomic E-state index is 11.1. The van der Waals surface area contributed by atoms with Crippen molar-refractivity contribution in [1.82, 2.24) is 4.98 Å². The highest BCUT2D eigenvalue weighted by atomic mass is 16.4. The van der Waals surface area contributed by atoms with Crippen LogP contribution in [0.3, 0.4) is 0 Å². The van der Waals surface area contributed by atoms with Gasteiger partial charge in [0.2, 0.25) is 0 Å². The van der Waals surface area contributed by atoms with Crippen LogP contribution in [0.5, 0.6) is 0 Å². The van der Waals surface area contributed by atoms with Crippen LogP contribution in [-0.4, -0.2) is 16.1 Å². The summed E-state index contributed by atoms with van der Waals surface area (Å²) in [4.78, 5) is 15.6. The molecule has 2 aromatic rings. The smallest absolute Gasteiger partial charge is 0.337 e. The van der Waals surface area contributed by atoms with E-state index in [-0.39, 0.29) is 0 Å². The number of carbonyl (C=O) groups is 1. The Bertz CT molecular complexity index is 550. The summed E-state index contributed by atoms with van der Waals surface area (Å²) in [6.07, 6.45) is 1.56. The summed E-state index contributed by atoms with van der Waals surface area (Å²) in [6, 6.07) is 13.2. The number of hydrogen-bond donors (Lipinski definition) is 1. The molecule has 1 aromatic heterocycles. The fourth-order valence-electron chi connectivity index (χ4n) is 1.89. The lowest BCUT2D eigenvalue weighted by molar-refractivity contribution is 0.0695. The van der Waals surface area contributed by atoms with Crippen LogP contribution in [0.1, 0.15) is 29.4 Å². The van der Waals surface area contributed by atoms with Crippen molar-refractivity contribution >= 4 is 5.97 Å². The largest absolute Gasteiger partial charge is 0.478 e. The van der Waals surface area contributed by atoms with Gasteiger partial charge in [0.1, 0.15) is 0 Å². The average molecular weight is 241 g/mol. The molecule has 0 spiro atoms. The summed E-state index contributed by atoms with van der Waals surface area (Å²) in [7, 11) is 0. The van der Waals surface area contributed by atoms with Crippen molar-refractivity contribution in [1.29, 1.82) is 0 Å². The molecular formula is C15H15NO2. The quantitative estimate of drug-likeness (QED) is 0.892. The first-order valence-electron chi connectivity index (χ1n) is 6.01. The minimum absolute atomic E-state index is 0.302. The normalized spacial score (nSPS) is 10.3. The topological polar surface area (TPSA) is 50.2 Å². The minimum Gasteiger partial charge on any atom is -0.478 e. The number of nitrogens with zero attached hydrogens (tertiary/aromatic N) is 1. The van der Waals surface area contributed by atoms with E-state index in [0.717, 1.165) is 17.7 Å². The van der Waals surface area contributed by atoms with Gasteiger partial charge in [-0.25, -0.2) is 4.79 Å². The van der Waals surface area contributed by atoms with Crippen LogP contribution < -0.4 is 0 Å². The van der Waals surface area contributed by atoms with Gasteiger partial charge >= 0.3 is 5.97 Å². The van der Waals surface area contributed by atoms with E-state index >= 15 is 0 Å². The number of carboxylic acid groups (broad SMARTS) is 1. The van der Waals surface area contributed by atoms with Gasteiger partial charge in [-0.3, -0.25) is 4.98 Å². The molecule has 1 heterocycles. The molecule has 18 heavy (non-hydrogen) atoms. The molecule has 92 valence electrons. The zero-order valence-corrected chi connectivity index (χ0v) is 10.3. The van der Waals surface area contributed by atoms with Gasteiger partial charge in [0, 0.05) is 5.56 Å². The summed E-state index contributed by atoms with van der Waals surface area (Å²) < 4.78 is 0. The number of aromatic nitrogens is 1. The summed E-state index contributed by atoms with van der Waals surface area (Å²) in [5.74, 6) is -0.912. The summed E-state index contributed by atoms with van der Waals surface area (Å²) in [6.45, 7) is 2.02. The van der Waals surface area contributed by atoms with Gasteiger partial charge in [-0.15, -0.1) is 0 Å². The number of benzene rings is 1. The number of carboxylic acids is 1. The standard InChI is InChI=1S/C15H15NO2/c1-2-6-14-12(15(17)18)9-10-13(16-14)11-7-4-3-5-8-11/h3-5,7-10H,2,6H2,1H3,(H,17,18). The molecule has 0 aliphatic rings. The van der Waals surface area contributed by atoms with Crippen LogP contribution in [0, 0.1) is 0 Å². The Hall–Kier alpha value is -2.16. The van der Waals surface area contributed by atoms with Gasteiger partial charge in [-0.1, -0.05) is 43.7 Å². The third-order valence-corrected chi connectivity index (χ3v) is 2.76. The molecule has 0 aliphatic heterocycles. The monoisotopic (exact) mass is 241 g/mol. The SMILES string of the molecule is CCCc1nc(-c2ccccc2)ccc1C(=O)O. The van der Waals surface area contributed by atoms with Gasteiger partial charge in [0.25, 0.3) is 0 Å². The fourth-order valence-corrected chi connectivity index (χ4v) is 1.89. The fraction of sp³-hybridized carbons (Fsp3) is 0.200. The molecule has 0 unspecified atom stereocenters. The van der Waals surface area contributed by atoms with Crippen molar-refractivity contribution in [3.8, 4) is 11.3 Å². The van der Waals surface area contributed by atoms with Crippen molar-refractivity contribution < 1.29 is 9.90 Å². The molecule has 0 aliphatic carbocycles. The Kier molecular flexibility index (Phi) is 3.72. The average Bonchev–Trinajstić information content (AvgIpc) is 2.40. The van der Waals surface area contributed by atoms with Crippen LogP contribution in [-0.2, 0) is 6.42 Å². The van der Waals surface area contributed by atoms with E-state index < -0.39 is 5.97 Å². The number of rotatable bonds is 4. The second kappa shape index (κ2) is 5.45. The van der Waals surface area contributed by atoms with Gasteiger partial charge in [-0.2, -0.15) is 0 Å². The third kappa shape index (κ3) is 2.56. The zero-order valence-electron chi connectivity index (χ0n) is 10.3. The lowest BCUT2D eigenvalue weighted by atomic mass is 10.1. The molecule has 0 amide bonds. The Morgan fingerprint density at radius 1 is 1.17 bits per heavy atom. The highest BCUT2D eigenvalue weighted by Gasteiger charge is 2.12. The lowest BCUT2D eigenvalue weighted by Crippen LogP contribution is -2.05. The molecule has 3 heteroatoms. The van der Waals surface area contributed by atoms with E-state index in [1.807, 2.05) is 37.3 Å². The third-order valence-electron chi connectivity index (χ3n) is 2.76. The molecule has 3 nitrogen and oxygen atoms in total. The van der Waals surface area contributed by atoms with Crippen molar-refractivity contribution in [3.05, 3.63) is 53.7 Å². The Morgan fingerprint density at radius 2 is 1.89 bits per heavy atom. The Morgan fingerprint density at radius 3 is 2.50 bits per heavy atom. The first-order chi connectivity index (χ1) is 8.72. The molecule has 1 aromatic carbocycles. The Balaban J connectivity index is 2.46. The maximum atomic E-state index is 11.1. The van der Waals surface area contributed by atoms with E-state index in [4.69, 9.17) is 5.11 Å². The zero-order chi connectivity index (χ0) is 13.0. The molecule has 0 bridgehead atoms. The highest BCUT2D eigenvalue weighted by molar-refractivity contribution is 5.89. The van der Waals surface area contributed by atoms with E-state index in [2.05, 4.69) is 4.98 Å². The molecule has 1 N–H and O–H groups in total. The molecule has 0 fully saturated rings. The van der Waals surface area contributed by atoms with E-state index in [1.165, 1.54) is 0 Å². The van der Waals surface area contributed by atoms with Crippen LogP contribution in [0.2, 0.25) is 0 Å². The number of aromatic carboxylic acids is 1. The van der Waals surface area contributed by atoms with Crippen LogP contribution in [0.4, 0.5) is 0 Å². The highest BCUT2D eigenvalue weighted by Crippen LogP contribution is 2.19. The summed E-state index contributed by atoms with van der Waals surface area (Å²) in [5.41, 5.74) is 2.79. The van der Waals surface area contributed by atoms with Crippen molar-refractivity contribution in [2.45, 2.75) is 19.8 Å². The number of pyridine rings is 1. The first-order valence-corrected chi connectivity index (χ1v) is 6.01. The summed E-state index contributed by atoms with van der Waals surface area (Å²) in [5, 5.41) is 9.11. The van der Waals surface area contributed by atoms with Gasteiger partial charge < -0.3 is 5.11 Å². The predicted octanol–water partition coefficient (Wildman–Crippen LogP) is 3.40. The molecule has 0 saturated carbocycles. The minimum atomic E-state index is -0.912. The molecular weight excluding hydrogens is 226 g/mol. The first kappa shape index (κ1) is 12.3. The van der Waals surface area contributed by atoms with Crippen molar-refractivity contribution in [3.63, 3.8) is 0 Å². The maximum Gasteiger partial charge on any atom is 0.337 e. The van der Waals surface area contributed by atoms with Crippen molar-refractivity contribution in [2.24, 2.45) is 0 Å². The number of aryl methyl sites for hydroxylation is 1. The number of hydrogen-bond acceptors (Lipinski definition) is 2. The van der Waals surface area contributed by atoms with Gasteiger partial charge in [-0.05, 0) is 18.6 Å².